The van der Waals surface area contributed by atoms with Crippen molar-refractivity contribution < 1.29 is 14.2 Å². The summed E-state index contributed by atoms with van der Waals surface area (Å²) in [7, 11) is 5.11. The van der Waals surface area contributed by atoms with Crippen LogP contribution in [-0.2, 0) is 14.2 Å². The number of hydrogen-bond acceptors (Lipinski definition) is 3. The second kappa shape index (κ2) is 17.3. The zero-order valence-electron chi connectivity index (χ0n) is 12.6. The molecule has 0 atom stereocenters. The average Bonchev–Trinajstić information content (AvgIpc) is 2.35. The Bertz CT molecular complexity index is 88.3. The molecule has 0 N–H and O–H groups in total. The maximum atomic E-state index is 5.14. The van der Waals surface area contributed by atoms with E-state index in [0.717, 1.165) is 6.42 Å². The van der Waals surface area contributed by atoms with Crippen molar-refractivity contribution in [3.8, 4) is 0 Å². The van der Waals surface area contributed by atoms with Crippen molar-refractivity contribution in [2.24, 2.45) is 5.41 Å². The lowest BCUT2D eigenvalue weighted by molar-refractivity contribution is -0.0403. The summed E-state index contributed by atoms with van der Waals surface area (Å²) in [5.74, 6) is 0. The predicted octanol–water partition coefficient (Wildman–Crippen LogP) is 3.37. The Balaban J connectivity index is -0.000000376. The quantitative estimate of drug-likeness (QED) is 0.678. The lowest BCUT2D eigenvalue weighted by Gasteiger charge is -2.30. The van der Waals surface area contributed by atoms with Gasteiger partial charge in [0.15, 0.2) is 0 Å². The van der Waals surface area contributed by atoms with Crippen molar-refractivity contribution in [2.75, 3.05) is 41.2 Å². The molecule has 0 spiro atoms. The molecule has 0 aliphatic heterocycles. The van der Waals surface area contributed by atoms with E-state index >= 15 is 0 Å². The maximum Gasteiger partial charge on any atom is 0.0562 e. The third kappa shape index (κ3) is 10.4. The topological polar surface area (TPSA) is 27.7 Å². The minimum absolute atomic E-state index is 0.0260. The van der Waals surface area contributed by atoms with E-state index in [1.54, 1.807) is 21.3 Å². The van der Waals surface area contributed by atoms with Crippen LogP contribution in [0.5, 0.6) is 0 Å². The van der Waals surface area contributed by atoms with Crippen LogP contribution in [-0.4, -0.2) is 41.2 Å². The first-order valence-electron chi connectivity index (χ1n) is 6.21. The molecular weight excluding hydrogens is 204 g/mol. The van der Waals surface area contributed by atoms with Crippen LogP contribution >= 0.6 is 0 Å². The highest BCUT2D eigenvalue weighted by Crippen LogP contribution is 2.22. The van der Waals surface area contributed by atoms with Crippen LogP contribution in [0.3, 0.4) is 0 Å². The summed E-state index contributed by atoms with van der Waals surface area (Å²) in [5, 5.41) is 0. The van der Waals surface area contributed by atoms with Crippen LogP contribution in [0.1, 0.15) is 41.0 Å². The molecule has 0 aromatic carbocycles. The Morgan fingerprint density at radius 1 is 0.688 bits per heavy atom. The van der Waals surface area contributed by atoms with E-state index < -0.39 is 0 Å². The smallest absolute Gasteiger partial charge is 0.0562 e. The van der Waals surface area contributed by atoms with E-state index in [-0.39, 0.29) is 5.41 Å². The van der Waals surface area contributed by atoms with Gasteiger partial charge in [0, 0.05) is 26.7 Å². The molecular formula is C13H32O3. The molecule has 0 saturated carbocycles. The fourth-order valence-electron chi connectivity index (χ4n) is 1.35. The molecule has 0 aromatic rings. The summed E-state index contributed by atoms with van der Waals surface area (Å²) < 4.78 is 15.4. The fourth-order valence-corrected chi connectivity index (χ4v) is 1.35. The first-order valence-corrected chi connectivity index (χ1v) is 6.21. The number of ether oxygens (including phenoxy) is 3. The first kappa shape index (κ1) is 21.2. The summed E-state index contributed by atoms with van der Waals surface area (Å²) in [6.07, 6.45) is 1.00. The van der Waals surface area contributed by atoms with Gasteiger partial charge in [-0.2, -0.15) is 0 Å². The average molecular weight is 236 g/mol. The Kier molecular flexibility index (Phi) is 22.9. The van der Waals surface area contributed by atoms with Crippen LogP contribution < -0.4 is 0 Å². The molecule has 0 aliphatic rings. The molecule has 0 radical (unpaired) electrons. The summed E-state index contributed by atoms with van der Waals surface area (Å²) in [5.41, 5.74) is 0.0260. The summed E-state index contributed by atoms with van der Waals surface area (Å²) in [6, 6.07) is 0. The molecule has 0 unspecified atom stereocenters. The van der Waals surface area contributed by atoms with Gasteiger partial charge >= 0.3 is 0 Å². The second-order valence-electron chi connectivity index (χ2n) is 3.15. The van der Waals surface area contributed by atoms with Crippen LogP contribution in [0.25, 0.3) is 0 Å². The molecule has 0 heterocycles. The highest BCUT2D eigenvalue weighted by atomic mass is 16.5. The molecule has 16 heavy (non-hydrogen) atoms. The SMILES string of the molecule is CC.CC.CCC(COC)(COC)COC. The molecule has 0 saturated heterocycles. The molecule has 0 aromatic heterocycles. The minimum Gasteiger partial charge on any atom is -0.384 e. The Morgan fingerprint density at radius 2 is 0.938 bits per heavy atom. The molecule has 0 aliphatic carbocycles. The van der Waals surface area contributed by atoms with Crippen LogP contribution in [0, 0.1) is 5.41 Å². The van der Waals surface area contributed by atoms with E-state index in [4.69, 9.17) is 14.2 Å². The molecule has 0 fully saturated rings. The predicted molar refractivity (Wildman–Crippen MR) is 71.0 cm³/mol. The van der Waals surface area contributed by atoms with E-state index in [2.05, 4.69) is 6.92 Å². The third-order valence-electron chi connectivity index (χ3n) is 2.10. The van der Waals surface area contributed by atoms with Gasteiger partial charge in [0.25, 0.3) is 0 Å². The summed E-state index contributed by atoms with van der Waals surface area (Å²) >= 11 is 0. The van der Waals surface area contributed by atoms with Gasteiger partial charge in [0.2, 0.25) is 0 Å². The van der Waals surface area contributed by atoms with Crippen LogP contribution in [0.2, 0.25) is 0 Å². The van der Waals surface area contributed by atoms with Crippen molar-refractivity contribution in [3.63, 3.8) is 0 Å². The van der Waals surface area contributed by atoms with Crippen molar-refractivity contribution in [2.45, 2.75) is 41.0 Å². The summed E-state index contributed by atoms with van der Waals surface area (Å²) in [4.78, 5) is 0. The van der Waals surface area contributed by atoms with Gasteiger partial charge in [-0.05, 0) is 6.42 Å². The Morgan fingerprint density at radius 3 is 1.06 bits per heavy atom. The van der Waals surface area contributed by atoms with Gasteiger partial charge in [-0.1, -0.05) is 34.6 Å². The molecule has 0 bridgehead atoms. The van der Waals surface area contributed by atoms with E-state index in [0.29, 0.717) is 19.8 Å². The zero-order valence-corrected chi connectivity index (χ0v) is 12.6. The normalized spacial score (nSPS) is 9.75. The number of methoxy groups -OCH3 is 3. The highest BCUT2D eigenvalue weighted by molar-refractivity contribution is 4.76. The number of rotatable bonds is 7. The zero-order chi connectivity index (χ0) is 13.4. The van der Waals surface area contributed by atoms with Gasteiger partial charge in [0.05, 0.1) is 19.8 Å². The first-order chi connectivity index (χ1) is 7.74. The van der Waals surface area contributed by atoms with Gasteiger partial charge < -0.3 is 14.2 Å². The molecule has 3 nitrogen and oxygen atoms in total. The minimum atomic E-state index is 0.0260. The van der Waals surface area contributed by atoms with Crippen molar-refractivity contribution in [3.05, 3.63) is 0 Å². The van der Waals surface area contributed by atoms with Gasteiger partial charge in [-0.15, -0.1) is 0 Å². The van der Waals surface area contributed by atoms with Crippen LogP contribution in [0.4, 0.5) is 0 Å². The van der Waals surface area contributed by atoms with Crippen molar-refractivity contribution in [1.82, 2.24) is 0 Å². The summed E-state index contributed by atoms with van der Waals surface area (Å²) in [6.45, 7) is 12.2. The fraction of sp³-hybridized carbons (Fsp3) is 1.00. The lowest BCUT2D eigenvalue weighted by Crippen LogP contribution is -2.35. The highest BCUT2D eigenvalue weighted by Gasteiger charge is 2.28. The van der Waals surface area contributed by atoms with Crippen molar-refractivity contribution >= 4 is 0 Å². The molecule has 0 rings (SSSR count). The van der Waals surface area contributed by atoms with Gasteiger partial charge in [0.1, 0.15) is 0 Å². The second-order valence-corrected chi connectivity index (χ2v) is 3.15. The van der Waals surface area contributed by atoms with Gasteiger partial charge in [-0.3, -0.25) is 0 Å². The maximum absolute atomic E-state index is 5.14. The standard InChI is InChI=1S/C9H20O3.2C2H6/c1-5-9(6-10-2,7-11-3)8-12-4;2*1-2/h5-8H2,1-4H3;2*1-2H3. The third-order valence-corrected chi connectivity index (χ3v) is 2.10. The largest absolute Gasteiger partial charge is 0.384 e. The Labute approximate surface area is 102 Å². The lowest BCUT2D eigenvalue weighted by atomic mass is 9.88. The van der Waals surface area contributed by atoms with E-state index in [9.17, 15) is 0 Å². The molecule has 102 valence electrons. The molecule has 0 amide bonds. The molecule has 3 heteroatoms. The van der Waals surface area contributed by atoms with Gasteiger partial charge in [-0.25, -0.2) is 0 Å². The van der Waals surface area contributed by atoms with E-state index in [1.807, 2.05) is 27.7 Å². The Hall–Kier alpha value is -0.120. The monoisotopic (exact) mass is 236 g/mol. The van der Waals surface area contributed by atoms with E-state index in [1.165, 1.54) is 0 Å². The van der Waals surface area contributed by atoms with Crippen LogP contribution in [0.15, 0.2) is 0 Å². The number of hydrogen-bond donors (Lipinski definition) is 0. The van der Waals surface area contributed by atoms with Crippen molar-refractivity contribution in [1.29, 1.82) is 0 Å².